The van der Waals surface area contributed by atoms with Crippen LogP contribution in [0.25, 0.3) is 0 Å². The Morgan fingerprint density at radius 3 is 2.72 bits per heavy atom. The molecule has 2 aliphatic carbocycles. The lowest BCUT2D eigenvalue weighted by Gasteiger charge is -2.39. The molecule has 25 heavy (non-hydrogen) atoms. The fourth-order valence-corrected chi connectivity index (χ4v) is 5.62. The van der Waals surface area contributed by atoms with Crippen LogP contribution in [-0.4, -0.2) is 29.9 Å². The van der Waals surface area contributed by atoms with Crippen molar-refractivity contribution in [3.63, 3.8) is 0 Å². The van der Waals surface area contributed by atoms with Gasteiger partial charge in [-0.1, -0.05) is 11.6 Å². The van der Waals surface area contributed by atoms with Crippen LogP contribution in [-0.2, 0) is 6.54 Å². The zero-order valence-corrected chi connectivity index (χ0v) is 15.1. The fourth-order valence-electron chi connectivity index (χ4n) is 5.42. The smallest absolute Gasteiger partial charge is 0.409 e. The molecule has 2 atom stereocenters. The van der Waals surface area contributed by atoms with Gasteiger partial charge in [0.2, 0.25) is 0 Å². The van der Waals surface area contributed by atoms with Crippen LogP contribution in [0.4, 0.5) is 10.5 Å². The van der Waals surface area contributed by atoms with Crippen LogP contribution in [0.1, 0.15) is 37.7 Å². The molecule has 5 nitrogen and oxygen atoms in total. The largest absolute Gasteiger partial charge is 0.412 e. The van der Waals surface area contributed by atoms with E-state index in [0.717, 1.165) is 29.6 Å². The minimum atomic E-state index is -0.507. The molecule has 2 saturated carbocycles. The van der Waals surface area contributed by atoms with E-state index in [1.54, 1.807) is 0 Å². The first-order valence-corrected chi connectivity index (χ1v) is 9.55. The number of rotatable bonds is 1. The first-order chi connectivity index (χ1) is 12.1. The van der Waals surface area contributed by atoms with Crippen LogP contribution < -0.4 is 10.1 Å². The molecule has 1 amide bonds. The Labute approximate surface area is 152 Å². The summed E-state index contributed by atoms with van der Waals surface area (Å²) in [4.78, 5) is 19.1. The van der Waals surface area contributed by atoms with E-state index >= 15 is 0 Å². The van der Waals surface area contributed by atoms with Gasteiger partial charge in [-0.05, 0) is 56.1 Å². The van der Waals surface area contributed by atoms with E-state index in [2.05, 4.69) is 10.2 Å². The highest BCUT2D eigenvalue weighted by Gasteiger charge is 2.46. The second-order valence-corrected chi connectivity index (χ2v) is 8.32. The topological polar surface area (TPSA) is 53.9 Å². The number of amidine groups is 1. The van der Waals surface area contributed by atoms with Crippen LogP contribution in [0.2, 0.25) is 5.02 Å². The molecule has 4 fully saturated rings. The van der Waals surface area contributed by atoms with Gasteiger partial charge in [0.25, 0.3) is 0 Å². The molecular weight excluding hydrogens is 338 g/mol. The van der Waals surface area contributed by atoms with Crippen molar-refractivity contribution in [2.24, 2.45) is 22.7 Å². The van der Waals surface area contributed by atoms with Crippen molar-refractivity contribution in [3.8, 4) is 5.75 Å². The summed E-state index contributed by atoms with van der Waals surface area (Å²) in [5.74, 6) is 4.02. The first-order valence-electron chi connectivity index (χ1n) is 9.18. The minimum absolute atomic E-state index is 0.402. The number of ether oxygens (including phenoxy) is 1. The maximum atomic E-state index is 11.5. The Morgan fingerprint density at radius 2 is 2.00 bits per heavy atom. The van der Waals surface area contributed by atoms with E-state index in [0.29, 0.717) is 22.7 Å². The average molecular weight is 360 g/mol. The Bertz CT molecular complexity index is 764. The third-order valence-electron chi connectivity index (χ3n) is 6.33. The molecule has 5 aliphatic rings. The lowest BCUT2D eigenvalue weighted by atomic mass is 9.68. The van der Waals surface area contributed by atoms with E-state index in [1.807, 2.05) is 12.1 Å². The summed E-state index contributed by atoms with van der Waals surface area (Å²) in [6.45, 7) is 0.843. The average Bonchev–Trinajstić information content (AvgIpc) is 2.75. The molecule has 2 saturated heterocycles. The molecule has 4 bridgehead atoms. The standard InChI is InChI=1S/C19H22ClN3O2/c1-21-19(24)25-17-7-13-9-23-14-5-10-2-11(6-14)4-12(3-10)18(23)22-16(13)8-15(17)20/h7-8,10-12,14H,2-6,9H2,1H3,(H,21,24)/t10-,11-,12?,14?/m0/s1. The first kappa shape index (κ1) is 15.5. The molecule has 0 radical (unpaired) electrons. The van der Waals surface area contributed by atoms with Gasteiger partial charge in [0.05, 0.1) is 10.7 Å². The van der Waals surface area contributed by atoms with Crippen molar-refractivity contribution < 1.29 is 9.53 Å². The minimum Gasteiger partial charge on any atom is -0.409 e. The number of carbonyl (C=O) groups is 1. The number of amides is 1. The SMILES string of the molecule is CNC(=O)Oc1cc2c(cc1Cl)N=C1C3C[C@H]4CC(C[C@H](C3)C4)N1C2. The van der Waals surface area contributed by atoms with E-state index < -0.39 is 6.09 Å². The number of nitrogens with zero attached hydrogens (tertiary/aromatic N) is 2. The van der Waals surface area contributed by atoms with Gasteiger partial charge in [-0.15, -0.1) is 0 Å². The van der Waals surface area contributed by atoms with Gasteiger partial charge in [0.1, 0.15) is 5.84 Å². The van der Waals surface area contributed by atoms with Gasteiger partial charge >= 0.3 is 6.09 Å². The van der Waals surface area contributed by atoms with Crippen molar-refractivity contribution in [2.45, 2.75) is 44.7 Å². The molecule has 6 rings (SSSR count). The van der Waals surface area contributed by atoms with Crippen molar-refractivity contribution >= 4 is 29.2 Å². The van der Waals surface area contributed by atoms with Gasteiger partial charge in [-0.3, -0.25) is 0 Å². The van der Waals surface area contributed by atoms with Crippen LogP contribution in [0, 0.1) is 17.8 Å². The predicted octanol–water partition coefficient (Wildman–Crippen LogP) is 4.11. The lowest BCUT2D eigenvalue weighted by molar-refractivity contribution is 0.128. The Balaban J connectivity index is 1.53. The Hall–Kier alpha value is -1.75. The highest BCUT2D eigenvalue weighted by Crippen LogP contribution is 2.50. The lowest BCUT2D eigenvalue weighted by Crippen LogP contribution is -2.41. The number of nitrogens with one attached hydrogen (secondary N) is 1. The fraction of sp³-hybridized carbons (Fsp3) is 0.579. The summed E-state index contributed by atoms with van der Waals surface area (Å²) in [5, 5.41) is 2.89. The van der Waals surface area contributed by atoms with Gasteiger partial charge in [-0.25, -0.2) is 9.79 Å². The van der Waals surface area contributed by atoms with Crippen molar-refractivity contribution in [2.75, 3.05) is 7.05 Å². The van der Waals surface area contributed by atoms with Gasteiger partial charge < -0.3 is 15.0 Å². The van der Waals surface area contributed by atoms with Crippen molar-refractivity contribution in [1.29, 1.82) is 0 Å². The normalized spacial score (nSPS) is 31.8. The molecule has 1 aromatic rings. The molecular formula is C19H22ClN3O2. The van der Waals surface area contributed by atoms with Gasteiger partial charge in [0, 0.05) is 31.1 Å². The molecule has 0 unspecified atom stereocenters. The van der Waals surface area contributed by atoms with E-state index in [4.69, 9.17) is 21.3 Å². The number of hydrogen-bond acceptors (Lipinski definition) is 4. The van der Waals surface area contributed by atoms with Crippen molar-refractivity contribution in [1.82, 2.24) is 10.2 Å². The summed E-state index contributed by atoms with van der Waals surface area (Å²) < 4.78 is 5.28. The summed E-state index contributed by atoms with van der Waals surface area (Å²) in [6, 6.07) is 4.33. The number of halogens is 1. The number of benzene rings is 1. The number of fused-ring (bicyclic) bond motifs is 1. The monoisotopic (exact) mass is 359 g/mol. The maximum absolute atomic E-state index is 11.5. The third kappa shape index (κ3) is 2.51. The number of hydrogen-bond donors (Lipinski definition) is 1. The number of carbonyl (C=O) groups excluding carboxylic acids is 1. The summed E-state index contributed by atoms with van der Waals surface area (Å²) >= 11 is 6.32. The molecule has 1 aromatic carbocycles. The molecule has 132 valence electrons. The van der Waals surface area contributed by atoms with Crippen LogP contribution in [0.5, 0.6) is 5.75 Å². The second kappa shape index (κ2) is 5.63. The zero-order chi connectivity index (χ0) is 17.1. The quantitative estimate of drug-likeness (QED) is 0.820. The van der Waals surface area contributed by atoms with Gasteiger partial charge in [0.15, 0.2) is 5.75 Å². The van der Waals surface area contributed by atoms with Crippen LogP contribution in [0.15, 0.2) is 17.1 Å². The Morgan fingerprint density at radius 1 is 1.24 bits per heavy atom. The molecule has 0 aromatic heterocycles. The molecule has 1 N–H and O–H groups in total. The maximum Gasteiger partial charge on any atom is 0.412 e. The van der Waals surface area contributed by atoms with Crippen molar-refractivity contribution in [3.05, 3.63) is 22.7 Å². The number of aliphatic imine (C=N–C) groups is 1. The molecule has 6 heteroatoms. The van der Waals surface area contributed by atoms with E-state index in [-0.39, 0.29) is 0 Å². The molecule has 3 heterocycles. The van der Waals surface area contributed by atoms with E-state index in [9.17, 15) is 4.79 Å². The molecule has 0 spiro atoms. The van der Waals surface area contributed by atoms with Crippen LogP contribution >= 0.6 is 11.6 Å². The van der Waals surface area contributed by atoms with Gasteiger partial charge in [-0.2, -0.15) is 0 Å². The third-order valence-corrected chi connectivity index (χ3v) is 6.62. The highest BCUT2D eigenvalue weighted by atomic mass is 35.5. The van der Waals surface area contributed by atoms with E-state index in [1.165, 1.54) is 45.0 Å². The molecule has 3 aliphatic heterocycles. The summed E-state index contributed by atoms with van der Waals surface area (Å²) in [6.07, 6.45) is 6.10. The predicted molar refractivity (Wildman–Crippen MR) is 96.5 cm³/mol. The summed E-state index contributed by atoms with van der Waals surface area (Å²) in [7, 11) is 1.54. The zero-order valence-electron chi connectivity index (χ0n) is 14.3. The second-order valence-electron chi connectivity index (χ2n) is 7.91. The van der Waals surface area contributed by atoms with Crippen LogP contribution in [0.3, 0.4) is 0 Å². The summed E-state index contributed by atoms with van der Waals surface area (Å²) in [5.41, 5.74) is 2.02. The highest BCUT2D eigenvalue weighted by molar-refractivity contribution is 6.32. The Kier molecular flexibility index (Phi) is 3.49.